The van der Waals surface area contributed by atoms with E-state index in [9.17, 15) is 14.7 Å². The third-order valence-corrected chi connectivity index (χ3v) is 4.65. The molecule has 3 aromatic rings. The van der Waals surface area contributed by atoms with Crippen LogP contribution in [0.4, 0.5) is 0 Å². The van der Waals surface area contributed by atoms with Gasteiger partial charge in [0.1, 0.15) is 0 Å². The largest absolute Gasteiger partial charge is 0.501 e. The minimum Gasteiger partial charge on any atom is -0.501 e. The predicted octanol–water partition coefficient (Wildman–Crippen LogP) is 2.66. The number of thiophene rings is 1. The third kappa shape index (κ3) is 3.98. The molecule has 0 aliphatic heterocycles. The molecule has 0 fully saturated rings. The maximum absolute atomic E-state index is 11.8. The van der Waals surface area contributed by atoms with E-state index in [2.05, 4.69) is 9.97 Å². The van der Waals surface area contributed by atoms with Crippen molar-refractivity contribution in [3.63, 3.8) is 0 Å². The van der Waals surface area contributed by atoms with E-state index in [-0.39, 0.29) is 5.82 Å². The van der Waals surface area contributed by atoms with E-state index in [1.165, 1.54) is 11.3 Å². The molecule has 0 saturated heterocycles. The number of carboxylic acids is 1. The van der Waals surface area contributed by atoms with Gasteiger partial charge in [0.15, 0.2) is 11.5 Å². The van der Waals surface area contributed by atoms with Gasteiger partial charge in [-0.15, -0.1) is 11.3 Å². The number of hydrogen-bond acceptors (Lipinski definition) is 6. The second-order valence-electron chi connectivity index (χ2n) is 5.48. The zero-order valence-corrected chi connectivity index (χ0v) is 14.5. The Bertz CT molecular complexity index is 965. The number of carbonyl (C=O) groups is 1. The molecule has 3 N–H and O–H groups in total. The Labute approximate surface area is 152 Å². The van der Waals surface area contributed by atoms with Crippen LogP contribution < -0.4 is 5.56 Å². The summed E-state index contributed by atoms with van der Waals surface area (Å²) in [5.41, 5.74) is 0.414. The van der Waals surface area contributed by atoms with Gasteiger partial charge in [0.2, 0.25) is 5.75 Å². The number of aromatic nitrogens is 2. The van der Waals surface area contributed by atoms with Gasteiger partial charge in [-0.05, 0) is 29.0 Å². The quantitative estimate of drug-likeness (QED) is 0.550. The predicted molar refractivity (Wildman–Crippen MR) is 96.6 cm³/mol. The highest BCUT2D eigenvalue weighted by Gasteiger charge is 2.19. The summed E-state index contributed by atoms with van der Waals surface area (Å²) < 4.78 is 5.67. The molecule has 0 bridgehead atoms. The van der Waals surface area contributed by atoms with Gasteiger partial charge in [-0.1, -0.05) is 30.3 Å². The Morgan fingerprint density at radius 1 is 1.23 bits per heavy atom. The van der Waals surface area contributed by atoms with E-state index in [0.717, 1.165) is 11.1 Å². The van der Waals surface area contributed by atoms with Crippen LogP contribution in [0, 0.1) is 0 Å². The molecule has 0 aliphatic carbocycles. The van der Waals surface area contributed by atoms with Crippen LogP contribution in [0.5, 0.6) is 5.75 Å². The molecule has 0 spiro atoms. The van der Waals surface area contributed by atoms with E-state index in [0.29, 0.717) is 24.5 Å². The SMILES string of the molecule is O=C(O)c1nc(-c2sccc2CCOCc2ccccc2)[nH]c(=O)c1O. The van der Waals surface area contributed by atoms with Crippen LogP contribution >= 0.6 is 11.3 Å². The summed E-state index contributed by atoms with van der Waals surface area (Å²) >= 11 is 1.33. The number of aromatic carboxylic acids is 1. The molecule has 3 rings (SSSR count). The van der Waals surface area contributed by atoms with Crippen molar-refractivity contribution in [1.29, 1.82) is 0 Å². The Kier molecular flexibility index (Phi) is 5.45. The number of nitrogens with one attached hydrogen (secondary N) is 1. The molecule has 0 amide bonds. The van der Waals surface area contributed by atoms with Crippen molar-refractivity contribution in [2.45, 2.75) is 13.0 Å². The fourth-order valence-corrected chi connectivity index (χ4v) is 3.31. The Balaban J connectivity index is 1.73. The van der Waals surface area contributed by atoms with Crippen LogP contribution in [0.25, 0.3) is 10.7 Å². The number of carboxylic acid groups (broad SMARTS) is 1. The summed E-state index contributed by atoms with van der Waals surface area (Å²) in [7, 11) is 0. The minimum atomic E-state index is -1.46. The molecule has 134 valence electrons. The number of rotatable bonds is 7. The van der Waals surface area contributed by atoms with Crippen molar-refractivity contribution >= 4 is 17.3 Å². The first-order valence-electron chi connectivity index (χ1n) is 7.81. The van der Waals surface area contributed by atoms with E-state index >= 15 is 0 Å². The normalized spacial score (nSPS) is 10.8. The Morgan fingerprint density at radius 3 is 2.73 bits per heavy atom. The summed E-state index contributed by atoms with van der Waals surface area (Å²) in [6.07, 6.45) is 0.582. The lowest BCUT2D eigenvalue weighted by atomic mass is 10.2. The van der Waals surface area contributed by atoms with Crippen LogP contribution in [0.1, 0.15) is 21.6 Å². The van der Waals surface area contributed by atoms with Crippen molar-refractivity contribution in [2.75, 3.05) is 6.61 Å². The van der Waals surface area contributed by atoms with E-state index in [4.69, 9.17) is 9.84 Å². The zero-order valence-electron chi connectivity index (χ0n) is 13.6. The van der Waals surface area contributed by atoms with Crippen molar-refractivity contribution in [3.05, 3.63) is 69.0 Å². The summed E-state index contributed by atoms with van der Waals surface area (Å²) in [4.78, 5) is 29.8. The van der Waals surface area contributed by atoms with Crippen molar-refractivity contribution in [1.82, 2.24) is 9.97 Å². The first kappa shape index (κ1) is 17.8. The number of aromatic amines is 1. The first-order valence-corrected chi connectivity index (χ1v) is 8.69. The third-order valence-electron chi connectivity index (χ3n) is 3.69. The van der Waals surface area contributed by atoms with E-state index < -0.39 is 23.0 Å². The van der Waals surface area contributed by atoms with Gasteiger partial charge in [0.05, 0.1) is 18.1 Å². The average molecular weight is 372 g/mol. The highest BCUT2D eigenvalue weighted by Crippen LogP contribution is 2.27. The maximum atomic E-state index is 11.8. The van der Waals surface area contributed by atoms with Crippen molar-refractivity contribution < 1.29 is 19.7 Å². The van der Waals surface area contributed by atoms with Crippen molar-refractivity contribution in [3.8, 4) is 16.5 Å². The van der Waals surface area contributed by atoms with Gasteiger partial charge in [0, 0.05) is 0 Å². The van der Waals surface area contributed by atoms with Crippen LogP contribution in [-0.2, 0) is 17.8 Å². The molecule has 1 aromatic carbocycles. The van der Waals surface area contributed by atoms with Gasteiger partial charge in [-0.3, -0.25) is 4.79 Å². The number of hydrogen-bond donors (Lipinski definition) is 3. The molecule has 7 nitrogen and oxygen atoms in total. The van der Waals surface area contributed by atoms with E-state index in [1.807, 2.05) is 41.8 Å². The topological polar surface area (TPSA) is 113 Å². The molecule has 8 heteroatoms. The summed E-state index contributed by atoms with van der Waals surface area (Å²) in [5, 5.41) is 20.4. The van der Waals surface area contributed by atoms with Gasteiger partial charge in [0.25, 0.3) is 5.56 Å². The molecule has 2 aromatic heterocycles. The summed E-state index contributed by atoms with van der Waals surface area (Å²) in [6, 6.07) is 11.7. The molecule has 0 unspecified atom stereocenters. The average Bonchev–Trinajstić information content (AvgIpc) is 3.10. The fraction of sp³-hybridized carbons (Fsp3) is 0.167. The van der Waals surface area contributed by atoms with Gasteiger partial charge >= 0.3 is 5.97 Å². The lowest BCUT2D eigenvalue weighted by Crippen LogP contribution is -2.15. The molecule has 0 aliphatic rings. The zero-order chi connectivity index (χ0) is 18.5. The second kappa shape index (κ2) is 7.94. The molecule has 2 heterocycles. The van der Waals surface area contributed by atoms with Crippen LogP contribution in [0.3, 0.4) is 0 Å². The lowest BCUT2D eigenvalue weighted by molar-refractivity contribution is 0.0686. The fourth-order valence-electron chi connectivity index (χ4n) is 2.41. The van der Waals surface area contributed by atoms with Crippen LogP contribution in [0.15, 0.2) is 46.6 Å². The molecular weight excluding hydrogens is 356 g/mol. The lowest BCUT2D eigenvalue weighted by Gasteiger charge is -2.07. The second-order valence-corrected chi connectivity index (χ2v) is 6.40. The van der Waals surface area contributed by atoms with E-state index in [1.54, 1.807) is 0 Å². The number of aromatic hydroxyl groups is 1. The number of benzene rings is 1. The number of ether oxygens (including phenoxy) is 1. The van der Waals surface area contributed by atoms with Crippen LogP contribution in [0.2, 0.25) is 0 Å². The molecule has 0 saturated carbocycles. The van der Waals surface area contributed by atoms with Crippen molar-refractivity contribution in [2.24, 2.45) is 0 Å². The molecular formula is C18H16N2O5S. The summed E-state index contributed by atoms with van der Waals surface area (Å²) in [5.74, 6) is -2.23. The Morgan fingerprint density at radius 2 is 2.00 bits per heavy atom. The minimum absolute atomic E-state index is 0.123. The molecule has 0 atom stereocenters. The number of nitrogens with zero attached hydrogens (tertiary/aromatic N) is 1. The van der Waals surface area contributed by atoms with Gasteiger partial charge in [-0.25, -0.2) is 9.78 Å². The highest BCUT2D eigenvalue weighted by molar-refractivity contribution is 7.13. The molecule has 0 radical (unpaired) electrons. The van der Waals surface area contributed by atoms with Gasteiger partial charge in [-0.2, -0.15) is 0 Å². The highest BCUT2D eigenvalue weighted by atomic mass is 32.1. The number of H-pyrrole nitrogens is 1. The first-order chi connectivity index (χ1) is 12.6. The van der Waals surface area contributed by atoms with Crippen LogP contribution in [-0.4, -0.2) is 32.8 Å². The Hall–Kier alpha value is -2.97. The van der Waals surface area contributed by atoms with Gasteiger partial charge < -0.3 is 19.9 Å². The standard InChI is InChI=1S/C18H16N2O5S/c21-14-13(18(23)24)19-16(20-17(14)22)15-12(7-9-26-15)6-8-25-10-11-4-2-1-3-5-11/h1-5,7,9,21H,6,8,10H2,(H,23,24)(H,19,20,22). The smallest absolute Gasteiger partial charge is 0.358 e. The summed E-state index contributed by atoms with van der Waals surface area (Å²) in [6.45, 7) is 0.963. The monoisotopic (exact) mass is 372 g/mol. The molecule has 26 heavy (non-hydrogen) atoms. The maximum Gasteiger partial charge on any atom is 0.358 e.